The molecular weight excluding hydrogens is 300 g/mol. The van der Waals surface area contributed by atoms with E-state index >= 15 is 0 Å². The largest absolute Gasteiger partial charge is 0.144 e. The van der Waals surface area contributed by atoms with Crippen LogP contribution in [0.2, 0.25) is 0 Å². The van der Waals surface area contributed by atoms with Gasteiger partial charge in [0.1, 0.15) is 0 Å². The minimum Gasteiger partial charge on any atom is -0.144 e. The first-order valence-corrected chi connectivity index (χ1v) is 6.24. The van der Waals surface area contributed by atoms with Crippen molar-refractivity contribution < 1.29 is 0 Å². The first-order chi connectivity index (χ1) is 5.77. The van der Waals surface area contributed by atoms with Crippen LogP contribution in [0.3, 0.4) is 0 Å². The van der Waals surface area contributed by atoms with Crippen LogP contribution in [0.25, 0.3) is 10.1 Å². The number of rotatable bonds is 1. The highest BCUT2D eigenvalue weighted by Crippen LogP contribution is 2.32. The molecule has 0 saturated carbocycles. The van der Waals surface area contributed by atoms with Crippen molar-refractivity contribution in [3.05, 3.63) is 35.2 Å². The fourth-order valence-corrected chi connectivity index (χ4v) is 2.46. The van der Waals surface area contributed by atoms with E-state index in [1.54, 1.807) is 11.3 Å². The molecule has 0 unspecified atom stereocenters. The van der Waals surface area contributed by atoms with Gasteiger partial charge in [-0.3, -0.25) is 0 Å². The van der Waals surface area contributed by atoms with Gasteiger partial charge in [0, 0.05) is 4.70 Å². The molecule has 0 aliphatic carbocycles. The highest BCUT2D eigenvalue weighted by Gasteiger charge is 2.02. The lowest BCUT2D eigenvalue weighted by Gasteiger charge is -2.00. The van der Waals surface area contributed by atoms with Crippen LogP contribution >= 0.6 is 43.2 Å². The number of thiophene rings is 1. The number of hydrogen-bond acceptors (Lipinski definition) is 1. The van der Waals surface area contributed by atoms with E-state index in [0.717, 1.165) is 0 Å². The molecule has 0 aliphatic rings. The first-order valence-electron chi connectivity index (χ1n) is 3.52. The van der Waals surface area contributed by atoms with Gasteiger partial charge < -0.3 is 0 Å². The normalized spacial score (nSPS) is 11.2. The Morgan fingerprint density at radius 1 is 1.17 bits per heavy atom. The van der Waals surface area contributed by atoms with Crippen molar-refractivity contribution >= 4 is 53.3 Å². The van der Waals surface area contributed by atoms with Crippen molar-refractivity contribution in [3.8, 4) is 0 Å². The Kier molecular flexibility index (Phi) is 2.53. The fourth-order valence-electron chi connectivity index (χ4n) is 1.12. The third-order valence-corrected chi connectivity index (χ3v) is 3.68. The molecule has 0 spiro atoms. The molecule has 0 N–H and O–H groups in total. The topological polar surface area (TPSA) is 0 Å². The smallest absolute Gasteiger partial charge is 0.0946 e. The molecule has 2 rings (SSSR count). The van der Waals surface area contributed by atoms with Gasteiger partial charge in [0.2, 0.25) is 0 Å². The van der Waals surface area contributed by atoms with E-state index in [1.165, 1.54) is 15.6 Å². The average molecular weight is 306 g/mol. The number of halogens is 2. The third kappa shape index (κ3) is 1.58. The van der Waals surface area contributed by atoms with Gasteiger partial charge in [-0.05, 0) is 34.5 Å². The zero-order valence-electron chi connectivity index (χ0n) is 6.13. The van der Waals surface area contributed by atoms with Crippen molar-refractivity contribution in [3.63, 3.8) is 0 Å². The molecule has 0 aliphatic heterocycles. The molecule has 3 heteroatoms. The lowest BCUT2D eigenvalue weighted by molar-refractivity contribution is 1.46. The van der Waals surface area contributed by atoms with Gasteiger partial charge in [-0.1, -0.05) is 37.9 Å². The van der Waals surface area contributed by atoms with Gasteiger partial charge in [-0.15, -0.1) is 11.3 Å². The van der Waals surface area contributed by atoms with Gasteiger partial charge in [0.15, 0.2) is 0 Å². The maximum atomic E-state index is 3.48. The Labute approximate surface area is 91.9 Å². The standard InChI is InChI=1S/C9H6Br2S/c10-9(11)7-1-2-8-6(5-7)3-4-12-8/h1-5,9H. The minimum absolute atomic E-state index is 0.259. The van der Waals surface area contributed by atoms with E-state index in [-0.39, 0.29) is 3.74 Å². The van der Waals surface area contributed by atoms with E-state index < -0.39 is 0 Å². The monoisotopic (exact) mass is 304 g/mol. The Bertz CT molecular complexity index is 392. The van der Waals surface area contributed by atoms with Crippen LogP contribution < -0.4 is 0 Å². The second-order valence-corrected chi connectivity index (χ2v) is 6.53. The van der Waals surface area contributed by atoms with E-state index in [4.69, 9.17) is 0 Å². The summed E-state index contributed by atoms with van der Waals surface area (Å²) < 4.78 is 1.61. The molecule has 62 valence electrons. The molecule has 0 saturated heterocycles. The van der Waals surface area contributed by atoms with E-state index in [2.05, 4.69) is 61.5 Å². The minimum atomic E-state index is 0.259. The van der Waals surface area contributed by atoms with E-state index in [0.29, 0.717) is 0 Å². The van der Waals surface area contributed by atoms with Crippen molar-refractivity contribution in [2.75, 3.05) is 0 Å². The Morgan fingerprint density at radius 2 is 2.00 bits per heavy atom. The molecule has 0 atom stereocenters. The maximum absolute atomic E-state index is 3.48. The highest BCUT2D eigenvalue weighted by molar-refractivity contribution is 9.24. The molecule has 0 bridgehead atoms. The molecular formula is C9H6Br2S. The number of fused-ring (bicyclic) bond motifs is 1. The van der Waals surface area contributed by atoms with E-state index in [1.807, 2.05) is 0 Å². The predicted molar refractivity (Wildman–Crippen MR) is 62.4 cm³/mol. The van der Waals surface area contributed by atoms with Gasteiger partial charge >= 0.3 is 0 Å². The van der Waals surface area contributed by atoms with Gasteiger partial charge in [0.05, 0.1) is 3.74 Å². The van der Waals surface area contributed by atoms with Crippen LogP contribution in [0.4, 0.5) is 0 Å². The quantitative estimate of drug-likeness (QED) is 0.671. The summed E-state index contributed by atoms with van der Waals surface area (Å²) in [6.45, 7) is 0. The molecule has 2 aromatic rings. The Morgan fingerprint density at radius 3 is 2.75 bits per heavy atom. The summed E-state index contributed by atoms with van der Waals surface area (Å²) in [6, 6.07) is 8.63. The third-order valence-electron chi connectivity index (χ3n) is 1.73. The van der Waals surface area contributed by atoms with Gasteiger partial charge in [-0.25, -0.2) is 0 Å². The van der Waals surface area contributed by atoms with Crippen LogP contribution in [0, 0.1) is 0 Å². The Balaban J connectivity index is 2.60. The molecule has 0 nitrogen and oxygen atoms in total. The zero-order chi connectivity index (χ0) is 8.55. The molecule has 12 heavy (non-hydrogen) atoms. The summed E-state index contributed by atoms with van der Waals surface area (Å²) in [5.41, 5.74) is 1.26. The Hall–Kier alpha value is 0.140. The molecule has 0 radical (unpaired) electrons. The van der Waals surface area contributed by atoms with E-state index in [9.17, 15) is 0 Å². The average Bonchev–Trinajstić information content (AvgIpc) is 2.49. The predicted octanol–water partition coefficient (Wildman–Crippen LogP) is 4.69. The number of hydrogen-bond donors (Lipinski definition) is 0. The number of benzene rings is 1. The summed E-state index contributed by atoms with van der Waals surface area (Å²) in [6.07, 6.45) is 0. The molecule has 1 aromatic heterocycles. The van der Waals surface area contributed by atoms with Crippen LogP contribution in [-0.2, 0) is 0 Å². The maximum Gasteiger partial charge on any atom is 0.0946 e. The van der Waals surface area contributed by atoms with Crippen molar-refractivity contribution in [2.45, 2.75) is 3.74 Å². The second kappa shape index (κ2) is 3.48. The second-order valence-electron chi connectivity index (χ2n) is 2.52. The van der Waals surface area contributed by atoms with Crippen LogP contribution in [-0.4, -0.2) is 0 Å². The molecule has 0 amide bonds. The molecule has 1 heterocycles. The fraction of sp³-hybridized carbons (Fsp3) is 0.111. The lowest BCUT2D eigenvalue weighted by Crippen LogP contribution is -1.77. The first kappa shape index (κ1) is 8.73. The van der Waals surface area contributed by atoms with Crippen molar-refractivity contribution in [2.24, 2.45) is 0 Å². The van der Waals surface area contributed by atoms with Crippen LogP contribution in [0.1, 0.15) is 9.30 Å². The lowest BCUT2D eigenvalue weighted by atomic mass is 10.2. The van der Waals surface area contributed by atoms with Gasteiger partial charge in [0.25, 0.3) is 0 Å². The highest BCUT2D eigenvalue weighted by atomic mass is 79.9. The summed E-state index contributed by atoms with van der Waals surface area (Å²) in [5.74, 6) is 0. The number of alkyl halides is 2. The molecule has 1 aromatic carbocycles. The summed E-state index contributed by atoms with van der Waals surface area (Å²) in [7, 11) is 0. The SMILES string of the molecule is BrC(Br)c1ccc2sccc2c1. The summed E-state index contributed by atoms with van der Waals surface area (Å²) >= 11 is 8.73. The zero-order valence-corrected chi connectivity index (χ0v) is 10.1. The van der Waals surface area contributed by atoms with Crippen LogP contribution in [0.5, 0.6) is 0 Å². The van der Waals surface area contributed by atoms with Crippen LogP contribution in [0.15, 0.2) is 29.6 Å². The summed E-state index contributed by atoms with van der Waals surface area (Å²) in [5, 5.41) is 3.44. The van der Waals surface area contributed by atoms with Gasteiger partial charge in [-0.2, -0.15) is 0 Å². The van der Waals surface area contributed by atoms with Crippen molar-refractivity contribution in [1.29, 1.82) is 0 Å². The van der Waals surface area contributed by atoms with Crippen molar-refractivity contribution in [1.82, 2.24) is 0 Å². The summed E-state index contributed by atoms with van der Waals surface area (Å²) in [4.78, 5) is 0. The molecule has 0 fully saturated rings.